The number of aryl methyl sites for hydroxylation is 1. The highest BCUT2D eigenvalue weighted by Crippen LogP contribution is 2.27. The third-order valence-corrected chi connectivity index (χ3v) is 8.06. The molecule has 0 spiro atoms. The molecule has 0 atom stereocenters. The molecule has 196 valence electrons. The van der Waals surface area contributed by atoms with Gasteiger partial charge in [-0.05, 0) is 80.9 Å². The number of amides is 1. The van der Waals surface area contributed by atoms with E-state index in [9.17, 15) is 9.18 Å². The number of imidazole rings is 1. The SMILES string of the molecule is Cc1ccccc1N1CCN(C(=O)C2CCN(Cc3nc4ccccc4n3-c3ccc(F)cc3)CC2)CC1. The smallest absolute Gasteiger partial charge is 0.225 e. The zero-order chi connectivity index (χ0) is 26.1. The Balaban J connectivity index is 1.08. The number of carbonyl (C=O) groups is 1. The maximum Gasteiger partial charge on any atom is 0.225 e. The summed E-state index contributed by atoms with van der Waals surface area (Å²) in [6.45, 7) is 7.92. The van der Waals surface area contributed by atoms with Gasteiger partial charge in [0.25, 0.3) is 0 Å². The number of piperazine rings is 1. The molecule has 2 fully saturated rings. The number of carbonyl (C=O) groups excluding carboxylic acids is 1. The number of rotatable bonds is 5. The van der Waals surface area contributed by atoms with Crippen LogP contribution in [0.1, 0.15) is 24.2 Å². The first-order valence-electron chi connectivity index (χ1n) is 13.6. The van der Waals surface area contributed by atoms with Crippen LogP contribution in [0.2, 0.25) is 0 Å². The summed E-state index contributed by atoms with van der Waals surface area (Å²) in [6.07, 6.45) is 1.74. The zero-order valence-electron chi connectivity index (χ0n) is 21.9. The van der Waals surface area contributed by atoms with E-state index in [2.05, 4.69) is 56.5 Å². The van der Waals surface area contributed by atoms with Gasteiger partial charge in [0.2, 0.25) is 5.91 Å². The Morgan fingerprint density at radius 2 is 1.55 bits per heavy atom. The Morgan fingerprint density at radius 3 is 2.29 bits per heavy atom. The fourth-order valence-electron chi connectivity index (χ4n) is 5.94. The van der Waals surface area contributed by atoms with Gasteiger partial charge >= 0.3 is 0 Å². The van der Waals surface area contributed by atoms with Crippen LogP contribution in [0.4, 0.5) is 10.1 Å². The molecule has 3 aromatic carbocycles. The van der Waals surface area contributed by atoms with Crippen molar-refractivity contribution < 1.29 is 9.18 Å². The minimum Gasteiger partial charge on any atom is -0.368 e. The Morgan fingerprint density at radius 1 is 0.868 bits per heavy atom. The van der Waals surface area contributed by atoms with Crippen LogP contribution >= 0.6 is 0 Å². The molecule has 3 heterocycles. The monoisotopic (exact) mass is 511 g/mol. The second-order valence-electron chi connectivity index (χ2n) is 10.5. The standard InChI is InChI=1S/C31H34FN5O/c1-23-6-2-4-8-28(23)35-18-20-36(21-19-35)31(38)24-14-16-34(17-15-24)22-30-33-27-7-3-5-9-29(27)37(30)26-12-10-25(32)11-13-26/h2-13,24H,14-22H2,1H3. The molecule has 7 heteroatoms. The molecular weight excluding hydrogens is 477 g/mol. The minimum absolute atomic E-state index is 0.0900. The number of nitrogens with zero attached hydrogens (tertiary/aromatic N) is 5. The Bertz CT molecular complexity index is 1420. The Labute approximate surface area is 223 Å². The van der Waals surface area contributed by atoms with Crippen LogP contribution in [0, 0.1) is 18.7 Å². The number of likely N-dealkylation sites (tertiary alicyclic amines) is 1. The molecule has 4 aromatic rings. The fraction of sp³-hybridized carbons (Fsp3) is 0.355. The first kappa shape index (κ1) is 24.6. The number of hydrogen-bond acceptors (Lipinski definition) is 4. The molecule has 0 aliphatic carbocycles. The van der Waals surface area contributed by atoms with E-state index in [1.807, 2.05) is 18.2 Å². The van der Waals surface area contributed by atoms with Gasteiger partial charge in [-0.3, -0.25) is 14.3 Å². The van der Waals surface area contributed by atoms with Gasteiger partial charge in [0.1, 0.15) is 11.6 Å². The molecule has 0 N–H and O–H groups in total. The lowest BCUT2D eigenvalue weighted by Crippen LogP contribution is -2.51. The molecule has 1 amide bonds. The number of benzene rings is 3. The second kappa shape index (κ2) is 10.6. The predicted molar refractivity (Wildman–Crippen MR) is 149 cm³/mol. The van der Waals surface area contributed by atoms with E-state index in [-0.39, 0.29) is 11.7 Å². The van der Waals surface area contributed by atoms with Crippen LogP contribution < -0.4 is 4.90 Å². The molecular formula is C31H34FN5O. The third kappa shape index (κ3) is 4.90. The highest BCUT2D eigenvalue weighted by molar-refractivity contribution is 5.79. The normalized spacial score (nSPS) is 17.3. The summed E-state index contributed by atoms with van der Waals surface area (Å²) in [5.41, 5.74) is 5.42. The number of aromatic nitrogens is 2. The molecule has 0 unspecified atom stereocenters. The summed E-state index contributed by atoms with van der Waals surface area (Å²) >= 11 is 0. The zero-order valence-corrected chi connectivity index (χ0v) is 21.9. The van der Waals surface area contributed by atoms with Crippen LogP contribution in [0.15, 0.2) is 72.8 Å². The van der Waals surface area contributed by atoms with E-state index in [1.165, 1.54) is 23.4 Å². The summed E-state index contributed by atoms with van der Waals surface area (Å²) in [5.74, 6) is 1.10. The molecule has 0 saturated carbocycles. The summed E-state index contributed by atoms with van der Waals surface area (Å²) in [5, 5.41) is 0. The molecule has 2 aliphatic rings. The van der Waals surface area contributed by atoms with Gasteiger partial charge < -0.3 is 9.80 Å². The molecule has 2 saturated heterocycles. The summed E-state index contributed by atoms with van der Waals surface area (Å²) in [7, 11) is 0. The number of hydrogen-bond donors (Lipinski definition) is 0. The van der Waals surface area contributed by atoms with Crippen molar-refractivity contribution in [2.75, 3.05) is 44.2 Å². The Kier molecular flexibility index (Phi) is 6.85. The summed E-state index contributed by atoms with van der Waals surface area (Å²) < 4.78 is 15.7. The maximum absolute atomic E-state index is 13.6. The number of halogens is 1. The maximum atomic E-state index is 13.6. The van der Waals surface area contributed by atoms with E-state index < -0.39 is 0 Å². The van der Waals surface area contributed by atoms with Crippen molar-refractivity contribution >= 4 is 22.6 Å². The molecule has 0 radical (unpaired) electrons. The van der Waals surface area contributed by atoms with Crippen molar-refractivity contribution in [3.05, 3.63) is 90.0 Å². The van der Waals surface area contributed by atoms with E-state index in [0.717, 1.165) is 74.7 Å². The van der Waals surface area contributed by atoms with E-state index in [4.69, 9.17) is 4.98 Å². The van der Waals surface area contributed by atoms with Crippen molar-refractivity contribution in [1.29, 1.82) is 0 Å². The predicted octanol–water partition coefficient (Wildman–Crippen LogP) is 5.03. The molecule has 6 nitrogen and oxygen atoms in total. The average molecular weight is 512 g/mol. The van der Waals surface area contributed by atoms with Gasteiger partial charge in [-0.25, -0.2) is 9.37 Å². The van der Waals surface area contributed by atoms with Gasteiger partial charge in [-0.1, -0.05) is 30.3 Å². The molecule has 1 aromatic heterocycles. The third-order valence-electron chi connectivity index (χ3n) is 8.06. The molecule has 38 heavy (non-hydrogen) atoms. The van der Waals surface area contributed by atoms with Crippen LogP contribution in [0.25, 0.3) is 16.7 Å². The minimum atomic E-state index is -0.247. The van der Waals surface area contributed by atoms with Crippen molar-refractivity contribution in [1.82, 2.24) is 19.4 Å². The Hall–Kier alpha value is -3.71. The quantitative estimate of drug-likeness (QED) is 0.377. The number of para-hydroxylation sites is 3. The van der Waals surface area contributed by atoms with Crippen LogP contribution in [-0.2, 0) is 11.3 Å². The van der Waals surface area contributed by atoms with Gasteiger partial charge in [-0.2, -0.15) is 0 Å². The van der Waals surface area contributed by atoms with Gasteiger partial charge in [-0.15, -0.1) is 0 Å². The van der Waals surface area contributed by atoms with Crippen molar-refractivity contribution in [2.45, 2.75) is 26.3 Å². The largest absolute Gasteiger partial charge is 0.368 e. The van der Waals surface area contributed by atoms with E-state index in [0.29, 0.717) is 12.5 Å². The molecule has 6 rings (SSSR count). The first-order chi connectivity index (χ1) is 18.6. The topological polar surface area (TPSA) is 44.6 Å². The summed E-state index contributed by atoms with van der Waals surface area (Å²) in [4.78, 5) is 25.1. The lowest BCUT2D eigenvalue weighted by Gasteiger charge is -2.39. The second-order valence-corrected chi connectivity index (χ2v) is 10.5. The highest BCUT2D eigenvalue weighted by Gasteiger charge is 2.31. The van der Waals surface area contributed by atoms with Gasteiger partial charge in [0.15, 0.2) is 0 Å². The van der Waals surface area contributed by atoms with Crippen LogP contribution in [0.3, 0.4) is 0 Å². The van der Waals surface area contributed by atoms with Crippen LogP contribution in [-0.4, -0.2) is 64.5 Å². The van der Waals surface area contributed by atoms with Crippen molar-refractivity contribution in [3.63, 3.8) is 0 Å². The van der Waals surface area contributed by atoms with Crippen LogP contribution in [0.5, 0.6) is 0 Å². The lowest BCUT2D eigenvalue weighted by atomic mass is 9.95. The lowest BCUT2D eigenvalue weighted by molar-refractivity contribution is -0.137. The van der Waals surface area contributed by atoms with Crippen molar-refractivity contribution in [3.8, 4) is 5.69 Å². The number of anilines is 1. The number of piperidine rings is 1. The summed E-state index contributed by atoms with van der Waals surface area (Å²) in [6, 6.07) is 23.1. The van der Waals surface area contributed by atoms with E-state index in [1.54, 1.807) is 12.1 Å². The van der Waals surface area contributed by atoms with Gasteiger partial charge in [0, 0.05) is 43.5 Å². The van der Waals surface area contributed by atoms with Gasteiger partial charge in [0.05, 0.1) is 17.6 Å². The number of fused-ring (bicyclic) bond motifs is 1. The highest BCUT2D eigenvalue weighted by atomic mass is 19.1. The first-order valence-corrected chi connectivity index (χ1v) is 13.6. The molecule has 0 bridgehead atoms. The van der Waals surface area contributed by atoms with E-state index >= 15 is 0 Å². The fourth-order valence-corrected chi connectivity index (χ4v) is 5.94. The average Bonchev–Trinajstić information content (AvgIpc) is 3.32. The molecule has 2 aliphatic heterocycles. The van der Waals surface area contributed by atoms with Crippen molar-refractivity contribution in [2.24, 2.45) is 5.92 Å².